The normalized spacial score (nSPS) is 16.3. The highest BCUT2D eigenvalue weighted by Gasteiger charge is 2.25. The lowest BCUT2D eigenvalue weighted by Gasteiger charge is -2.26. The minimum atomic E-state index is -0.463. The van der Waals surface area contributed by atoms with Crippen LogP contribution in [0.5, 0.6) is 5.75 Å². The summed E-state index contributed by atoms with van der Waals surface area (Å²) in [6.07, 6.45) is 1.79. The van der Waals surface area contributed by atoms with Gasteiger partial charge in [0.2, 0.25) is 0 Å². The summed E-state index contributed by atoms with van der Waals surface area (Å²) in [5.41, 5.74) is 1.44. The number of nitrogens with zero attached hydrogens (tertiary/aromatic N) is 2. The fourth-order valence-electron chi connectivity index (χ4n) is 3.28. The third-order valence-corrected chi connectivity index (χ3v) is 4.73. The van der Waals surface area contributed by atoms with Gasteiger partial charge in [-0.25, -0.2) is 0 Å². The number of aryl methyl sites for hydroxylation is 1. The molecule has 1 aliphatic rings. The molecule has 142 valence electrons. The Balaban J connectivity index is 1.86. The molecule has 1 saturated heterocycles. The summed E-state index contributed by atoms with van der Waals surface area (Å²) in [6, 6.07) is 11.2. The first-order valence-corrected chi connectivity index (χ1v) is 8.88. The number of nitro benzene ring substituents is 1. The Kier molecular flexibility index (Phi) is 5.71. The third-order valence-electron chi connectivity index (χ3n) is 4.73. The van der Waals surface area contributed by atoms with Crippen molar-refractivity contribution in [2.75, 3.05) is 13.2 Å². The molecule has 27 heavy (non-hydrogen) atoms. The van der Waals surface area contributed by atoms with Crippen molar-refractivity contribution in [3.05, 3.63) is 69.3 Å². The molecule has 0 radical (unpaired) electrons. The van der Waals surface area contributed by atoms with E-state index < -0.39 is 4.92 Å². The van der Waals surface area contributed by atoms with Gasteiger partial charge in [-0.05, 0) is 38.0 Å². The number of rotatable bonds is 6. The van der Waals surface area contributed by atoms with Crippen LogP contribution < -0.4 is 0 Å². The molecular weight excluding hydrogens is 348 g/mol. The van der Waals surface area contributed by atoms with Gasteiger partial charge in [0.1, 0.15) is 5.75 Å². The average molecular weight is 370 g/mol. The van der Waals surface area contributed by atoms with Gasteiger partial charge in [-0.15, -0.1) is 0 Å². The van der Waals surface area contributed by atoms with Crippen LogP contribution in [0, 0.1) is 17.0 Å². The fourth-order valence-corrected chi connectivity index (χ4v) is 3.28. The lowest BCUT2D eigenvalue weighted by atomic mass is 10.1. The molecule has 0 aromatic heterocycles. The predicted molar refractivity (Wildman–Crippen MR) is 99.7 cm³/mol. The smallest absolute Gasteiger partial charge is 0.272 e. The Hall–Kier alpha value is -2.93. The molecule has 1 unspecified atom stereocenters. The highest BCUT2D eigenvalue weighted by Crippen LogP contribution is 2.24. The first kappa shape index (κ1) is 18.8. The highest BCUT2D eigenvalue weighted by molar-refractivity contribution is 5.94. The first-order chi connectivity index (χ1) is 13.0. The van der Waals surface area contributed by atoms with E-state index in [0.29, 0.717) is 29.8 Å². The van der Waals surface area contributed by atoms with Crippen LogP contribution in [0.25, 0.3) is 0 Å². The molecule has 0 aliphatic carbocycles. The molecule has 0 bridgehead atoms. The van der Waals surface area contributed by atoms with Crippen molar-refractivity contribution in [2.24, 2.45) is 0 Å². The van der Waals surface area contributed by atoms with Gasteiger partial charge in [0, 0.05) is 42.5 Å². The molecule has 7 heteroatoms. The molecule has 0 saturated carbocycles. The number of nitro groups is 1. The van der Waals surface area contributed by atoms with Crippen LogP contribution in [0.3, 0.4) is 0 Å². The van der Waals surface area contributed by atoms with E-state index in [9.17, 15) is 20.0 Å². The van der Waals surface area contributed by atoms with Gasteiger partial charge >= 0.3 is 0 Å². The number of hydrogen-bond acceptors (Lipinski definition) is 5. The second kappa shape index (κ2) is 8.18. The number of ether oxygens (including phenoxy) is 1. The zero-order chi connectivity index (χ0) is 19.4. The largest absolute Gasteiger partial charge is 0.508 e. The number of phenolic OH excluding ortho intramolecular Hbond substituents is 1. The molecule has 7 nitrogen and oxygen atoms in total. The minimum absolute atomic E-state index is 0.0158. The molecule has 1 amide bonds. The maximum Gasteiger partial charge on any atom is 0.272 e. The number of amides is 1. The molecule has 2 aromatic rings. The van der Waals surface area contributed by atoms with Crippen LogP contribution in [0.4, 0.5) is 5.69 Å². The number of carbonyl (C=O) groups is 1. The van der Waals surface area contributed by atoms with E-state index in [1.165, 1.54) is 18.2 Å². The molecule has 1 atom stereocenters. The van der Waals surface area contributed by atoms with Gasteiger partial charge in [-0.3, -0.25) is 14.9 Å². The van der Waals surface area contributed by atoms with Gasteiger partial charge in [0.15, 0.2) is 0 Å². The molecule has 1 aliphatic heterocycles. The van der Waals surface area contributed by atoms with E-state index in [-0.39, 0.29) is 30.0 Å². The van der Waals surface area contributed by atoms with Crippen molar-refractivity contribution < 1.29 is 19.6 Å². The van der Waals surface area contributed by atoms with Crippen molar-refractivity contribution in [3.63, 3.8) is 0 Å². The molecule has 0 spiro atoms. The number of benzene rings is 2. The van der Waals surface area contributed by atoms with Gasteiger partial charge in [0.25, 0.3) is 11.6 Å². The number of hydrogen-bond donors (Lipinski definition) is 1. The Morgan fingerprint density at radius 1 is 1.33 bits per heavy atom. The molecule has 1 heterocycles. The Morgan fingerprint density at radius 2 is 2.11 bits per heavy atom. The Bertz CT molecular complexity index is 846. The van der Waals surface area contributed by atoms with Gasteiger partial charge in [0.05, 0.1) is 11.0 Å². The van der Waals surface area contributed by atoms with Crippen molar-refractivity contribution in [1.29, 1.82) is 0 Å². The minimum Gasteiger partial charge on any atom is -0.508 e. The lowest BCUT2D eigenvalue weighted by molar-refractivity contribution is -0.385. The number of para-hydroxylation sites is 1. The zero-order valence-electron chi connectivity index (χ0n) is 15.1. The van der Waals surface area contributed by atoms with Crippen LogP contribution in [-0.2, 0) is 11.3 Å². The summed E-state index contributed by atoms with van der Waals surface area (Å²) in [4.78, 5) is 25.3. The summed E-state index contributed by atoms with van der Waals surface area (Å²) in [6.45, 7) is 2.94. The van der Waals surface area contributed by atoms with Crippen LogP contribution in [0.15, 0.2) is 42.5 Å². The van der Waals surface area contributed by atoms with Crippen LogP contribution in [0.1, 0.15) is 34.3 Å². The van der Waals surface area contributed by atoms with Crippen LogP contribution in [0.2, 0.25) is 0 Å². The third kappa shape index (κ3) is 4.43. The Labute approximate surface area is 157 Å². The standard InChI is InChI=1S/C20H22N2O5/c1-14-11-15(8-9-18(14)22(25)26)20(24)21(13-17-6-4-10-27-17)12-16-5-2-3-7-19(16)23/h2-3,5,7-9,11,17,23H,4,6,10,12-13H2,1H3. The van der Waals surface area contributed by atoms with Crippen LogP contribution in [-0.4, -0.2) is 40.1 Å². The van der Waals surface area contributed by atoms with Crippen LogP contribution >= 0.6 is 0 Å². The highest BCUT2D eigenvalue weighted by atomic mass is 16.6. The second-order valence-electron chi connectivity index (χ2n) is 6.71. The van der Waals surface area contributed by atoms with E-state index in [0.717, 1.165) is 12.8 Å². The molecule has 3 rings (SSSR count). The molecule has 1 fully saturated rings. The number of aromatic hydroxyl groups is 1. The second-order valence-corrected chi connectivity index (χ2v) is 6.71. The van der Waals surface area contributed by atoms with E-state index in [4.69, 9.17) is 4.74 Å². The summed E-state index contributed by atoms with van der Waals surface area (Å²) >= 11 is 0. The van der Waals surface area contributed by atoms with Crippen molar-refractivity contribution in [2.45, 2.75) is 32.4 Å². The monoisotopic (exact) mass is 370 g/mol. The Morgan fingerprint density at radius 3 is 2.74 bits per heavy atom. The van der Waals surface area contributed by atoms with E-state index in [1.54, 1.807) is 36.1 Å². The van der Waals surface area contributed by atoms with E-state index in [1.807, 2.05) is 0 Å². The van der Waals surface area contributed by atoms with Crippen molar-refractivity contribution >= 4 is 11.6 Å². The van der Waals surface area contributed by atoms with Crippen molar-refractivity contribution in [1.82, 2.24) is 4.90 Å². The lowest BCUT2D eigenvalue weighted by Crippen LogP contribution is -2.37. The van der Waals surface area contributed by atoms with Crippen molar-refractivity contribution in [3.8, 4) is 5.75 Å². The van der Waals surface area contributed by atoms with E-state index in [2.05, 4.69) is 0 Å². The maximum absolute atomic E-state index is 13.1. The van der Waals surface area contributed by atoms with Gasteiger partial charge in [-0.2, -0.15) is 0 Å². The SMILES string of the molecule is Cc1cc(C(=O)N(Cc2ccccc2O)CC2CCCO2)ccc1[N+](=O)[O-]. The van der Waals surface area contributed by atoms with Gasteiger partial charge < -0.3 is 14.7 Å². The maximum atomic E-state index is 13.1. The predicted octanol–water partition coefficient (Wildman–Crippen LogP) is 3.43. The van der Waals surface area contributed by atoms with E-state index >= 15 is 0 Å². The first-order valence-electron chi connectivity index (χ1n) is 8.88. The topological polar surface area (TPSA) is 92.9 Å². The summed E-state index contributed by atoms with van der Waals surface area (Å²) in [5, 5.41) is 21.1. The summed E-state index contributed by atoms with van der Waals surface area (Å²) in [5.74, 6) is -0.116. The fraction of sp³-hybridized carbons (Fsp3) is 0.350. The summed E-state index contributed by atoms with van der Waals surface area (Å²) in [7, 11) is 0. The molecule has 2 aromatic carbocycles. The number of carbonyl (C=O) groups excluding carboxylic acids is 1. The average Bonchev–Trinajstić information content (AvgIpc) is 3.15. The number of phenols is 1. The van der Waals surface area contributed by atoms with Gasteiger partial charge in [-0.1, -0.05) is 18.2 Å². The summed E-state index contributed by atoms with van der Waals surface area (Å²) < 4.78 is 5.67. The molecule has 1 N–H and O–H groups in total. The zero-order valence-corrected chi connectivity index (χ0v) is 15.1. The molecular formula is C20H22N2O5. The quantitative estimate of drug-likeness (QED) is 0.621.